The Morgan fingerprint density at radius 1 is 1.27 bits per heavy atom. The summed E-state index contributed by atoms with van der Waals surface area (Å²) >= 11 is 0. The van der Waals surface area contributed by atoms with Crippen molar-refractivity contribution in [3.8, 4) is 0 Å². The lowest BCUT2D eigenvalue weighted by atomic mass is 10.2. The van der Waals surface area contributed by atoms with Crippen LogP contribution >= 0.6 is 0 Å². The fraction of sp³-hybridized carbons (Fsp3) is 0.500. The minimum atomic E-state index is -0.189. The maximum atomic E-state index is 10.1. The topological polar surface area (TPSA) is 38.4 Å². The first-order valence-electron chi connectivity index (χ1n) is 5.14. The van der Waals surface area contributed by atoms with Crippen LogP contribution in [-0.2, 0) is 21.2 Å². The van der Waals surface area contributed by atoms with Gasteiger partial charge in [-0.1, -0.05) is 30.3 Å². The Morgan fingerprint density at radius 3 is 2.67 bits per heavy atom. The summed E-state index contributed by atoms with van der Waals surface area (Å²) in [4.78, 5) is 0. The summed E-state index contributed by atoms with van der Waals surface area (Å²) in [6.45, 7) is 3.08. The molecule has 0 unspecified atom stereocenters. The minimum Gasteiger partial charge on any atom is -0.376 e. The quantitative estimate of drug-likeness (QED) is 0.644. The summed E-state index contributed by atoms with van der Waals surface area (Å²) in [5, 5.41) is 10.1. The van der Waals surface area contributed by atoms with Gasteiger partial charge < -0.3 is 9.47 Å². The van der Waals surface area contributed by atoms with E-state index in [0.29, 0.717) is 13.2 Å². The average Bonchev–Trinajstić information content (AvgIpc) is 2.28. The van der Waals surface area contributed by atoms with Crippen molar-refractivity contribution in [2.75, 3.05) is 19.8 Å². The van der Waals surface area contributed by atoms with Gasteiger partial charge in [0.15, 0.2) is 0 Å². The molecule has 0 aliphatic heterocycles. The predicted octanol–water partition coefficient (Wildman–Crippen LogP) is 2.04. The smallest absolute Gasteiger partial charge is 0.106 e. The number of ether oxygens (including phenoxy) is 2. The van der Waals surface area contributed by atoms with E-state index in [9.17, 15) is 5.11 Å². The fourth-order valence-electron chi connectivity index (χ4n) is 1.17. The molecule has 0 amide bonds. The molecule has 15 heavy (non-hydrogen) atoms. The maximum absolute atomic E-state index is 10.1. The zero-order chi connectivity index (χ0) is 10.9. The van der Waals surface area contributed by atoms with Crippen LogP contribution < -0.4 is 0 Å². The SMILES string of the molecule is C[C@H](COCC[O])OCc1ccccc1. The molecule has 0 spiro atoms. The molecule has 83 valence electrons. The van der Waals surface area contributed by atoms with Crippen molar-refractivity contribution >= 4 is 0 Å². The first kappa shape index (κ1) is 12.2. The van der Waals surface area contributed by atoms with Crippen molar-refractivity contribution in [1.29, 1.82) is 0 Å². The largest absolute Gasteiger partial charge is 0.376 e. The van der Waals surface area contributed by atoms with Gasteiger partial charge in [0, 0.05) is 0 Å². The van der Waals surface area contributed by atoms with Gasteiger partial charge >= 0.3 is 0 Å². The summed E-state index contributed by atoms with van der Waals surface area (Å²) < 4.78 is 10.6. The molecule has 1 radical (unpaired) electrons. The molecule has 0 N–H and O–H groups in total. The third-order valence-electron chi connectivity index (χ3n) is 1.96. The van der Waals surface area contributed by atoms with Crippen molar-refractivity contribution in [2.24, 2.45) is 0 Å². The summed E-state index contributed by atoms with van der Waals surface area (Å²) in [5.74, 6) is 0. The zero-order valence-corrected chi connectivity index (χ0v) is 9.02. The molecule has 0 heterocycles. The van der Waals surface area contributed by atoms with Gasteiger partial charge in [-0.15, -0.1) is 0 Å². The van der Waals surface area contributed by atoms with Crippen molar-refractivity contribution in [2.45, 2.75) is 19.6 Å². The Balaban J connectivity index is 2.14. The van der Waals surface area contributed by atoms with Crippen molar-refractivity contribution in [3.05, 3.63) is 35.9 Å². The highest BCUT2D eigenvalue weighted by Crippen LogP contribution is 2.03. The van der Waals surface area contributed by atoms with Gasteiger partial charge in [-0.3, -0.25) is 0 Å². The van der Waals surface area contributed by atoms with E-state index in [1.165, 1.54) is 0 Å². The van der Waals surface area contributed by atoms with E-state index in [0.717, 1.165) is 5.56 Å². The Bertz CT molecular complexity index is 248. The van der Waals surface area contributed by atoms with E-state index in [4.69, 9.17) is 9.47 Å². The van der Waals surface area contributed by atoms with Gasteiger partial charge in [0.2, 0.25) is 0 Å². The fourth-order valence-corrected chi connectivity index (χ4v) is 1.17. The number of benzene rings is 1. The molecule has 1 aromatic carbocycles. The first-order chi connectivity index (χ1) is 7.33. The molecule has 0 fully saturated rings. The van der Waals surface area contributed by atoms with E-state index >= 15 is 0 Å². The van der Waals surface area contributed by atoms with Crippen LogP contribution in [-0.4, -0.2) is 25.9 Å². The lowest BCUT2D eigenvalue weighted by Crippen LogP contribution is -2.17. The van der Waals surface area contributed by atoms with Crippen molar-refractivity contribution < 1.29 is 14.6 Å². The molecule has 0 saturated heterocycles. The van der Waals surface area contributed by atoms with Gasteiger partial charge in [-0.05, 0) is 12.5 Å². The normalized spacial score (nSPS) is 12.7. The molecule has 1 aromatic rings. The molecule has 0 aliphatic rings. The van der Waals surface area contributed by atoms with Crippen molar-refractivity contribution in [1.82, 2.24) is 0 Å². The molecular formula is C12H17O3. The molecule has 0 aromatic heterocycles. The molecule has 1 atom stereocenters. The Morgan fingerprint density at radius 2 is 2.00 bits per heavy atom. The lowest BCUT2D eigenvalue weighted by Gasteiger charge is -2.12. The van der Waals surface area contributed by atoms with Gasteiger partial charge in [0.05, 0.1) is 25.9 Å². The molecule has 0 bridgehead atoms. The van der Waals surface area contributed by atoms with Gasteiger partial charge in [-0.2, -0.15) is 0 Å². The molecule has 0 saturated carbocycles. The van der Waals surface area contributed by atoms with E-state index in [1.807, 2.05) is 37.3 Å². The second-order valence-corrected chi connectivity index (χ2v) is 3.39. The van der Waals surface area contributed by atoms with Gasteiger partial charge in [-0.25, -0.2) is 5.11 Å². The van der Waals surface area contributed by atoms with Crippen LogP contribution in [0.15, 0.2) is 30.3 Å². The van der Waals surface area contributed by atoms with E-state index in [1.54, 1.807) is 0 Å². The predicted molar refractivity (Wildman–Crippen MR) is 57.1 cm³/mol. The second kappa shape index (κ2) is 7.40. The Kier molecular flexibility index (Phi) is 6.00. The maximum Gasteiger partial charge on any atom is 0.106 e. The molecule has 3 nitrogen and oxygen atoms in total. The molecular weight excluding hydrogens is 192 g/mol. The van der Waals surface area contributed by atoms with Gasteiger partial charge in [0.25, 0.3) is 0 Å². The third kappa shape index (κ3) is 5.52. The van der Waals surface area contributed by atoms with E-state index in [2.05, 4.69) is 0 Å². The monoisotopic (exact) mass is 209 g/mol. The summed E-state index contributed by atoms with van der Waals surface area (Å²) in [6.07, 6.45) is 0.0248. The van der Waals surface area contributed by atoms with Crippen LogP contribution in [0, 0.1) is 0 Å². The standard InChI is InChI=1S/C12H17O3/c1-11(9-14-8-7-13)15-10-12-5-3-2-4-6-12/h2-6,11H,7-10H2,1H3/t11-/m1/s1. The van der Waals surface area contributed by atoms with Gasteiger partial charge in [0.1, 0.15) is 6.61 Å². The van der Waals surface area contributed by atoms with Crippen LogP contribution in [0.1, 0.15) is 12.5 Å². The van der Waals surface area contributed by atoms with Crippen LogP contribution in [0.5, 0.6) is 0 Å². The zero-order valence-electron chi connectivity index (χ0n) is 9.02. The molecule has 0 aliphatic carbocycles. The first-order valence-corrected chi connectivity index (χ1v) is 5.14. The van der Waals surface area contributed by atoms with E-state index in [-0.39, 0.29) is 19.3 Å². The van der Waals surface area contributed by atoms with Crippen LogP contribution in [0.2, 0.25) is 0 Å². The lowest BCUT2D eigenvalue weighted by molar-refractivity contribution is -0.0273. The van der Waals surface area contributed by atoms with Crippen molar-refractivity contribution in [3.63, 3.8) is 0 Å². The summed E-state index contributed by atoms with van der Waals surface area (Å²) in [7, 11) is 0. The minimum absolute atomic E-state index is 0.0248. The number of hydrogen-bond acceptors (Lipinski definition) is 2. The highest BCUT2D eigenvalue weighted by molar-refractivity contribution is 5.13. The number of hydrogen-bond donors (Lipinski definition) is 0. The van der Waals surface area contributed by atoms with Crippen LogP contribution in [0.25, 0.3) is 0 Å². The second-order valence-electron chi connectivity index (χ2n) is 3.39. The summed E-state index contributed by atoms with van der Waals surface area (Å²) in [6, 6.07) is 9.98. The Hall–Kier alpha value is -0.900. The third-order valence-corrected chi connectivity index (χ3v) is 1.96. The van der Waals surface area contributed by atoms with Crippen LogP contribution in [0.4, 0.5) is 0 Å². The van der Waals surface area contributed by atoms with Crippen LogP contribution in [0.3, 0.4) is 0 Å². The molecule has 3 heteroatoms. The highest BCUT2D eigenvalue weighted by Gasteiger charge is 2.02. The average molecular weight is 209 g/mol. The highest BCUT2D eigenvalue weighted by atomic mass is 16.5. The Labute approximate surface area is 90.6 Å². The number of rotatable bonds is 7. The summed E-state index contributed by atoms with van der Waals surface area (Å²) in [5.41, 5.74) is 1.15. The van der Waals surface area contributed by atoms with E-state index < -0.39 is 0 Å². The molecule has 1 rings (SSSR count).